The van der Waals surface area contributed by atoms with Crippen LogP contribution in [0.3, 0.4) is 0 Å². The van der Waals surface area contributed by atoms with Gasteiger partial charge < -0.3 is 19.8 Å². The first-order valence-corrected chi connectivity index (χ1v) is 12.4. The Labute approximate surface area is 221 Å². The van der Waals surface area contributed by atoms with Gasteiger partial charge in [-0.15, -0.1) is 0 Å². The van der Waals surface area contributed by atoms with Crippen LogP contribution < -0.4 is 4.74 Å². The summed E-state index contributed by atoms with van der Waals surface area (Å²) in [6.45, 7) is 4.01. The molecule has 3 N–H and O–H groups in total. The summed E-state index contributed by atoms with van der Waals surface area (Å²) in [5.41, 5.74) is 5.14. The summed E-state index contributed by atoms with van der Waals surface area (Å²) in [7, 11) is 1.47. The van der Waals surface area contributed by atoms with Crippen molar-refractivity contribution in [1.82, 2.24) is 15.1 Å². The summed E-state index contributed by atoms with van der Waals surface area (Å²) < 4.78 is 5.82. The van der Waals surface area contributed by atoms with Crippen molar-refractivity contribution in [3.8, 4) is 28.5 Å². The van der Waals surface area contributed by atoms with E-state index in [2.05, 4.69) is 26.1 Å². The number of nitrogens with one attached hydrogen (secondary N) is 1. The van der Waals surface area contributed by atoms with E-state index in [1.807, 2.05) is 44.2 Å². The molecule has 9 heteroatoms. The Balaban J connectivity index is 1.74. The molecule has 0 radical (unpaired) electrons. The maximum atomic E-state index is 13.7. The standard InChI is InChI=1S/C27H23BrClN3O4/c1-13-8-14(2)25(33)17(9-13)22-21-23(31-30-22)27(35)32(12-15-6-4-5-7-19(15)29)24(21)16-10-18(28)26(34)20(11-16)36-3/h4-11,24,33-34H,12H2,1-3H3,(H,30,31). The fraction of sp³-hybridized carbons (Fsp3) is 0.185. The summed E-state index contributed by atoms with van der Waals surface area (Å²) in [6.07, 6.45) is 0. The lowest BCUT2D eigenvalue weighted by Gasteiger charge is -2.27. The second kappa shape index (κ2) is 9.19. The molecule has 1 amide bonds. The van der Waals surface area contributed by atoms with Gasteiger partial charge >= 0.3 is 0 Å². The fourth-order valence-corrected chi connectivity index (χ4v) is 5.42. The van der Waals surface area contributed by atoms with Crippen LogP contribution in [-0.4, -0.2) is 38.3 Å². The molecular formula is C27H23BrClN3O4. The lowest BCUT2D eigenvalue weighted by Crippen LogP contribution is -2.29. The summed E-state index contributed by atoms with van der Waals surface area (Å²) in [4.78, 5) is 15.4. The Morgan fingerprint density at radius 2 is 1.89 bits per heavy atom. The maximum absolute atomic E-state index is 13.7. The minimum absolute atomic E-state index is 0.0391. The Morgan fingerprint density at radius 3 is 2.61 bits per heavy atom. The number of hydrogen-bond donors (Lipinski definition) is 3. The van der Waals surface area contributed by atoms with Crippen molar-refractivity contribution in [2.24, 2.45) is 0 Å². The molecule has 0 saturated heterocycles. The van der Waals surface area contributed by atoms with E-state index >= 15 is 0 Å². The lowest BCUT2D eigenvalue weighted by molar-refractivity contribution is 0.0730. The number of halogens is 2. The molecule has 0 aliphatic carbocycles. The fourth-order valence-electron chi connectivity index (χ4n) is 4.77. The largest absolute Gasteiger partial charge is 0.507 e. The summed E-state index contributed by atoms with van der Waals surface area (Å²) in [5, 5.41) is 29.3. The van der Waals surface area contributed by atoms with Crippen LogP contribution in [-0.2, 0) is 6.54 Å². The van der Waals surface area contributed by atoms with Crippen LogP contribution in [0.2, 0.25) is 5.02 Å². The normalized spacial score (nSPS) is 14.9. The Hall–Kier alpha value is -3.49. The van der Waals surface area contributed by atoms with Gasteiger partial charge in [0.1, 0.15) is 17.1 Å². The van der Waals surface area contributed by atoms with Crippen LogP contribution in [0.25, 0.3) is 11.3 Å². The molecule has 36 heavy (non-hydrogen) atoms. The Kier molecular flexibility index (Phi) is 6.18. The topological polar surface area (TPSA) is 98.7 Å². The van der Waals surface area contributed by atoms with Crippen molar-refractivity contribution in [1.29, 1.82) is 0 Å². The van der Waals surface area contributed by atoms with E-state index in [1.165, 1.54) is 7.11 Å². The first-order chi connectivity index (χ1) is 17.2. The number of H-pyrrole nitrogens is 1. The van der Waals surface area contributed by atoms with Gasteiger partial charge in [0.25, 0.3) is 5.91 Å². The van der Waals surface area contributed by atoms with Gasteiger partial charge in [-0.05, 0) is 76.3 Å². The number of phenolic OH excluding ortho intramolecular Hbond substituents is 2. The maximum Gasteiger partial charge on any atom is 0.273 e. The number of hydrogen-bond acceptors (Lipinski definition) is 5. The number of ether oxygens (including phenoxy) is 1. The monoisotopic (exact) mass is 567 g/mol. The Morgan fingerprint density at radius 1 is 1.14 bits per heavy atom. The highest BCUT2D eigenvalue weighted by Gasteiger charge is 2.43. The number of methoxy groups -OCH3 is 1. The van der Waals surface area contributed by atoms with Crippen LogP contribution >= 0.6 is 27.5 Å². The van der Waals surface area contributed by atoms with Gasteiger partial charge in [-0.2, -0.15) is 5.10 Å². The molecule has 1 unspecified atom stereocenters. The van der Waals surface area contributed by atoms with E-state index in [0.717, 1.165) is 11.1 Å². The smallest absolute Gasteiger partial charge is 0.273 e. The number of aromatic hydroxyl groups is 2. The SMILES string of the molecule is COc1cc(C2c3c(-c4cc(C)cc(C)c4O)n[nH]c3C(=O)N2Cc2ccccc2Cl)cc(Br)c1O. The molecule has 0 fully saturated rings. The van der Waals surface area contributed by atoms with Crippen LogP contribution in [0.1, 0.15) is 44.3 Å². The highest BCUT2D eigenvalue weighted by atomic mass is 79.9. The first-order valence-electron chi connectivity index (χ1n) is 11.2. The van der Waals surface area contributed by atoms with Crippen LogP contribution in [0.5, 0.6) is 17.2 Å². The molecule has 3 aromatic carbocycles. The van der Waals surface area contributed by atoms with Crippen molar-refractivity contribution in [2.45, 2.75) is 26.4 Å². The van der Waals surface area contributed by atoms with Crippen molar-refractivity contribution in [3.05, 3.63) is 91.5 Å². The van der Waals surface area contributed by atoms with Gasteiger partial charge in [-0.25, -0.2) is 0 Å². The van der Waals surface area contributed by atoms with E-state index in [4.69, 9.17) is 16.3 Å². The molecule has 7 nitrogen and oxygen atoms in total. The number of fused-ring (bicyclic) bond motifs is 1. The Bertz CT molecular complexity index is 1520. The zero-order valence-corrected chi connectivity index (χ0v) is 22.1. The molecule has 0 spiro atoms. The highest BCUT2D eigenvalue weighted by Crippen LogP contribution is 2.48. The molecule has 1 atom stereocenters. The number of benzene rings is 3. The van der Waals surface area contributed by atoms with Crippen LogP contribution in [0, 0.1) is 13.8 Å². The minimum atomic E-state index is -0.594. The number of carbonyl (C=O) groups is 1. The van der Waals surface area contributed by atoms with Gasteiger partial charge in [0.15, 0.2) is 11.5 Å². The van der Waals surface area contributed by atoms with Gasteiger partial charge in [0.2, 0.25) is 0 Å². The lowest BCUT2D eigenvalue weighted by atomic mass is 9.93. The number of carbonyl (C=O) groups excluding carboxylic acids is 1. The van der Waals surface area contributed by atoms with Gasteiger partial charge in [-0.1, -0.05) is 35.9 Å². The van der Waals surface area contributed by atoms with E-state index in [9.17, 15) is 15.0 Å². The van der Waals surface area contributed by atoms with Crippen molar-refractivity contribution < 1.29 is 19.7 Å². The predicted octanol–water partition coefficient (Wildman–Crippen LogP) is 6.27. The predicted molar refractivity (Wildman–Crippen MR) is 141 cm³/mol. The third kappa shape index (κ3) is 3.90. The van der Waals surface area contributed by atoms with Gasteiger partial charge in [0, 0.05) is 22.7 Å². The number of amides is 1. The molecule has 0 bridgehead atoms. The zero-order valence-electron chi connectivity index (χ0n) is 19.8. The molecule has 1 aromatic heterocycles. The molecule has 0 saturated carbocycles. The second-order valence-electron chi connectivity index (χ2n) is 8.82. The third-order valence-corrected chi connectivity index (χ3v) is 7.42. The van der Waals surface area contributed by atoms with E-state index in [-0.39, 0.29) is 29.7 Å². The van der Waals surface area contributed by atoms with E-state index in [0.29, 0.717) is 43.1 Å². The molecule has 184 valence electrons. The summed E-state index contributed by atoms with van der Waals surface area (Å²) >= 11 is 9.86. The van der Waals surface area contributed by atoms with Crippen LogP contribution in [0.15, 0.2) is 53.0 Å². The van der Waals surface area contributed by atoms with Crippen molar-refractivity contribution in [3.63, 3.8) is 0 Å². The third-order valence-electron chi connectivity index (χ3n) is 6.45. The molecule has 5 rings (SSSR count). The zero-order chi connectivity index (χ0) is 25.7. The van der Waals surface area contributed by atoms with Crippen LogP contribution in [0.4, 0.5) is 0 Å². The molecule has 2 heterocycles. The number of aromatic amines is 1. The highest BCUT2D eigenvalue weighted by molar-refractivity contribution is 9.10. The summed E-state index contributed by atoms with van der Waals surface area (Å²) in [5.74, 6) is 0.0795. The number of aryl methyl sites for hydroxylation is 2. The van der Waals surface area contributed by atoms with E-state index < -0.39 is 6.04 Å². The number of aromatic nitrogens is 2. The number of rotatable bonds is 5. The second-order valence-corrected chi connectivity index (χ2v) is 10.1. The van der Waals surface area contributed by atoms with Crippen molar-refractivity contribution >= 4 is 33.4 Å². The minimum Gasteiger partial charge on any atom is -0.507 e. The molecule has 4 aromatic rings. The molecule has 1 aliphatic heterocycles. The number of phenols is 2. The molecular weight excluding hydrogens is 546 g/mol. The number of nitrogens with zero attached hydrogens (tertiary/aromatic N) is 2. The quantitative estimate of drug-likeness (QED) is 0.263. The van der Waals surface area contributed by atoms with E-state index in [1.54, 1.807) is 23.1 Å². The molecule has 1 aliphatic rings. The van der Waals surface area contributed by atoms with Gasteiger partial charge in [0.05, 0.1) is 17.6 Å². The average molecular weight is 569 g/mol. The average Bonchev–Trinajstić information content (AvgIpc) is 3.38. The van der Waals surface area contributed by atoms with Gasteiger partial charge in [-0.3, -0.25) is 9.89 Å². The van der Waals surface area contributed by atoms with Crippen molar-refractivity contribution in [2.75, 3.05) is 7.11 Å². The summed E-state index contributed by atoms with van der Waals surface area (Å²) in [6, 6.07) is 14.0. The first kappa shape index (κ1) is 24.2.